The highest BCUT2D eigenvalue weighted by atomic mass is 32.2. The molecule has 1 aromatic heterocycles. The van der Waals surface area contributed by atoms with Crippen LogP contribution in [0.5, 0.6) is 0 Å². The smallest absolute Gasteiger partial charge is 0.0886 e. The van der Waals surface area contributed by atoms with E-state index < -0.39 is 11.0 Å². The number of aromatic nitrogens is 1. The van der Waals surface area contributed by atoms with Gasteiger partial charge in [0.2, 0.25) is 0 Å². The maximum atomic E-state index is 11.1. The minimum absolute atomic E-state index is 0.274. The summed E-state index contributed by atoms with van der Waals surface area (Å²) in [5.41, 5.74) is 11.1. The summed E-state index contributed by atoms with van der Waals surface area (Å²) in [7, 11) is -0.976. The van der Waals surface area contributed by atoms with Crippen molar-refractivity contribution in [1.29, 1.82) is 0 Å². The molecular formula is C14H19N3OS. The molecule has 102 valence electrons. The van der Waals surface area contributed by atoms with E-state index in [0.29, 0.717) is 6.54 Å². The molecule has 2 aromatic rings. The minimum Gasteiger partial charge on any atom is -0.358 e. The van der Waals surface area contributed by atoms with Gasteiger partial charge >= 0.3 is 0 Å². The lowest BCUT2D eigenvalue weighted by atomic mass is 9.92. The van der Waals surface area contributed by atoms with Gasteiger partial charge in [-0.1, -0.05) is 6.07 Å². The molecule has 2 unspecified atom stereocenters. The third-order valence-corrected chi connectivity index (χ3v) is 4.32. The minimum atomic E-state index is -0.976. The molecule has 2 atom stereocenters. The Kier molecular flexibility index (Phi) is 3.43. The molecule has 0 amide bonds. The van der Waals surface area contributed by atoms with Crippen molar-refractivity contribution in [3.63, 3.8) is 0 Å². The third kappa shape index (κ3) is 2.59. The Morgan fingerprint density at radius 2 is 2.37 bits per heavy atom. The van der Waals surface area contributed by atoms with Gasteiger partial charge in [0.25, 0.3) is 0 Å². The van der Waals surface area contributed by atoms with E-state index in [-0.39, 0.29) is 6.04 Å². The second-order valence-corrected chi connectivity index (χ2v) is 6.44. The highest BCUT2D eigenvalue weighted by Gasteiger charge is 2.19. The van der Waals surface area contributed by atoms with Crippen molar-refractivity contribution in [2.75, 3.05) is 6.26 Å². The van der Waals surface area contributed by atoms with Crippen LogP contribution in [0.1, 0.15) is 23.2 Å². The predicted octanol–water partition coefficient (Wildman–Crippen LogP) is 1.37. The lowest BCUT2D eigenvalue weighted by molar-refractivity contribution is 0.574. The molecule has 4 N–H and O–H groups in total. The van der Waals surface area contributed by atoms with E-state index in [1.165, 1.54) is 22.2 Å². The van der Waals surface area contributed by atoms with E-state index in [9.17, 15) is 4.21 Å². The van der Waals surface area contributed by atoms with Crippen molar-refractivity contribution < 1.29 is 4.21 Å². The molecule has 3 rings (SSSR count). The van der Waals surface area contributed by atoms with E-state index in [2.05, 4.69) is 27.9 Å². The number of hydrogen-bond donors (Lipinski definition) is 3. The number of aromatic amines is 1. The Hall–Kier alpha value is -1.17. The number of nitrogens with one attached hydrogen (secondary N) is 2. The average Bonchev–Trinajstić information content (AvgIpc) is 2.74. The molecule has 1 aliphatic carbocycles. The number of H-pyrrole nitrogens is 1. The number of fused-ring (bicyclic) bond motifs is 3. The molecule has 1 aliphatic rings. The fourth-order valence-corrected chi connectivity index (χ4v) is 3.16. The van der Waals surface area contributed by atoms with Crippen LogP contribution in [0.15, 0.2) is 18.2 Å². The summed E-state index contributed by atoms with van der Waals surface area (Å²) in [5, 5.41) is 1.27. The molecule has 1 heterocycles. The lowest BCUT2D eigenvalue weighted by Crippen LogP contribution is -2.27. The Bertz CT molecular complexity index is 635. The van der Waals surface area contributed by atoms with E-state index >= 15 is 0 Å². The summed E-state index contributed by atoms with van der Waals surface area (Å²) >= 11 is 0. The highest BCUT2D eigenvalue weighted by molar-refractivity contribution is 7.82. The molecular weight excluding hydrogens is 258 g/mol. The first-order valence-electron chi connectivity index (χ1n) is 6.58. The first kappa shape index (κ1) is 12.8. The lowest BCUT2D eigenvalue weighted by Gasteiger charge is -2.18. The summed E-state index contributed by atoms with van der Waals surface area (Å²) in [6, 6.07) is 6.64. The van der Waals surface area contributed by atoms with Gasteiger partial charge in [0.05, 0.1) is 11.0 Å². The van der Waals surface area contributed by atoms with Gasteiger partial charge < -0.3 is 10.7 Å². The van der Waals surface area contributed by atoms with Crippen molar-refractivity contribution in [2.45, 2.75) is 31.8 Å². The summed E-state index contributed by atoms with van der Waals surface area (Å²) < 4.78 is 14.0. The Balaban J connectivity index is 1.97. The van der Waals surface area contributed by atoms with Gasteiger partial charge in [-0.05, 0) is 42.5 Å². The van der Waals surface area contributed by atoms with E-state index in [0.717, 1.165) is 24.8 Å². The van der Waals surface area contributed by atoms with Gasteiger partial charge in [-0.2, -0.15) is 0 Å². The number of aryl methyl sites for hydroxylation is 1. The topological polar surface area (TPSA) is 70.9 Å². The molecule has 0 aliphatic heterocycles. The molecule has 1 aromatic carbocycles. The summed E-state index contributed by atoms with van der Waals surface area (Å²) in [6.07, 6.45) is 4.70. The third-order valence-electron chi connectivity index (χ3n) is 3.77. The quantitative estimate of drug-likeness (QED) is 0.793. The summed E-state index contributed by atoms with van der Waals surface area (Å²) in [4.78, 5) is 3.49. The monoisotopic (exact) mass is 277 g/mol. The normalized spacial score (nSPS) is 20.4. The SMILES string of the molecule is CS(=O)NCc1ccc2[nH]c3c(c2c1)CC(N)CC3. The maximum Gasteiger partial charge on any atom is 0.0886 e. The molecule has 0 radical (unpaired) electrons. The van der Waals surface area contributed by atoms with Crippen LogP contribution in [0.3, 0.4) is 0 Å². The zero-order valence-electron chi connectivity index (χ0n) is 11.0. The molecule has 0 spiro atoms. The van der Waals surface area contributed by atoms with Crippen LogP contribution in [0, 0.1) is 0 Å². The Morgan fingerprint density at radius 3 is 3.16 bits per heavy atom. The number of nitrogens with two attached hydrogens (primary N) is 1. The van der Waals surface area contributed by atoms with Gasteiger partial charge in [-0.25, -0.2) is 8.93 Å². The Morgan fingerprint density at radius 1 is 1.53 bits per heavy atom. The Labute approximate surface area is 115 Å². The van der Waals surface area contributed by atoms with Crippen LogP contribution >= 0.6 is 0 Å². The summed E-state index contributed by atoms with van der Waals surface area (Å²) in [5.74, 6) is 0. The number of rotatable bonds is 3. The largest absolute Gasteiger partial charge is 0.358 e. The standard InChI is InChI=1S/C14H19N3OS/c1-19(18)16-8-9-2-4-13-11(6-9)12-7-10(15)3-5-14(12)17-13/h2,4,6,10,16-17H,3,5,7-8,15H2,1H3. The van der Waals surface area contributed by atoms with Gasteiger partial charge in [-0.3, -0.25) is 0 Å². The molecule has 0 bridgehead atoms. The van der Waals surface area contributed by atoms with Crippen LogP contribution in [0.25, 0.3) is 10.9 Å². The van der Waals surface area contributed by atoms with E-state index in [1.54, 1.807) is 6.26 Å². The molecule has 5 heteroatoms. The maximum absolute atomic E-state index is 11.1. The molecule has 0 saturated heterocycles. The molecule has 0 saturated carbocycles. The van der Waals surface area contributed by atoms with Gasteiger partial charge in [-0.15, -0.1) is 0 Å². The second-order valence-electron chi connectivity index (χ2n) is 5.24. The zero-order chi connectivity index (χ0) is 13.4. The van der Waals surface area contributed by atoms with Gasteiger partial charge in [0.15, 0.2) is 0 Å². The first-order chi connectivity index (χ1) is 9.13. The number of benzene rings is 1. The van der Waals surface area contributed by atoms with Crippen molar-refractivity contribution in [2.24, 2.45) is 5.73 Å². The summed E-state index contributed by atoms with van der Waals surface area (Å²) in [6.45, 7) is 0.630. The van der Waals surface area contributed by atoms with E-state index in [1.807, 2.05) is 0 Å². The molecule has 4 nitrogen and oxygen atoms in total. The predicted molar refractivity (Wildman–Crippen MR) is 79.2 cm³/mol. The fraction of sp³-hybridized carbons (Fsp3) is 0.429. The van der Waals surface area contributed by atoms with Crippen molar-refractivity contribution in [1.82, 2.24) is 9.71 Å². The van der Waals surface area contributed by atoms with Crippen LogP contribution in [0.2, 0.25) is 0 Å². The van der Waals surface area contributed by atoms with Gasteiger partial charge in [0.1, 0.15) is 0 Å². The van der Waals surface area contributed by atoms with Crippen LogP contribution in [-0.4, -0.2) is 21.5 Å². The van der Waals surface area contributed by atoms with Crippen LogP contribution < -0.4 is 10.5 Å². The zero-order valence-corrected chi connectivity index (χ0v) is 11.8. The van der Waals surface area contributed by atoms with Crippen molar-refractivity contribution in [3.05, 3.63) is 35.0 Å². The second kappa shape index (κ2) is 5.07. The average molecular weight is 277 g/mol. The highest BCUT2D eigenvalue weighted by Crippen LogP contribution is 2.29. The molecule has 0 fully saturated rings. The van der Waals surface area contributed by atoms with E-state index in [4.69, 9.17) is 5.73 Å². The molecule has 19 heavy (non-hydrogen) atoms. The fourth-order valence-electron chi connectivity index (χ4n) is 2.79. The van der Waals surface area contributed by atoms with Crippen molar-refractivity contribution in [3.8, 4) is 0 Å². The van der Waals surface area contributed by atoms with Crippen LogP contribution in [-0.2, 0) is 30.4 Å². The van der Waals surface area contributed by atoms with Crippen LogP contribution in [0.4, 0.5) is 0 Å². The van der Waals surface area contributed by atoms with Crippen molar-refractivity contribution >= 4 is 21.9 Å². The number of hydrogen-bond acceptors (Lipinski definition) is 2. The van der Waals surface area contributed by atoms with Gasteiger partial charge in [0, 0.05) is 35.4 Å². The first-order valence-corrected chi connectivity index (χ1v) is 8.14.